The molecule has 0 saturated carbocycles. The summed E-state index contributed by atoms with van der Waals surface area (Å²) in [6, 6.07) is 0.0980. The van der Waals surface area contributed by atoms with Crippen LogP contribution in [0.25, 0.3) is 0 Å². The first kappa shape index (κ1) is 15.7. The first-order valence-electron chi connectivity index (χ1n) is 4.46. The van der Waals surface area contributed by atoms with Crippen LogP contribution < -0.4 is 4.74 Å². The molecule has 0 unspecified atom stereocenters. The van der Waals surface area contributed by atoms with Gasteiger partial charge in [-0.15, -0.1) is 13.2 Å². The summed E-state index contributed by atoms with van der Waals surface area (Å²) in [6.45, 7) is 0. The van der Waals surface area contributed by atoms with E-state index in [4.69, 9.17) is 0 Å². The number of hydrogen-bond donors (Lipinski definition) is 0. The normalized spacial score (nSPS) is 12.4. The number of nitrogens with zero attached hydrogens (tertiary/aromatic N) is 1. The minimum atomic E-state index is -5.16. The Morgan fingerprint density at radius 1 is 1.26 bits per heavy atom. The Bertz CT molecular complexity index is 485. The smallest absolute Gasteiger partial charge is 0.404 e. The van der Waals surface area contributed by atoms with Crippen molar-refractivity contribution in [2.75, 3.05) is 0 Å². The maximum Gasteiger partial charge on any atom is 0.573 e. The molecule has 0 aromatic carbocycles. The molecule has 3 nitrogen and oxygen atoms in total. The number of ether oxygens (including phenoxy) is 1. The lowest BCUT2D eigenvalue weighted by molar-refractivity contribution is -0.275. The Morgan fingerprint density at radius 2 is 1.84 bits per heavy atom. The number of aromatic nitrogens is 1. The van der Waals surface area contributed by atoms with Gasteiger partial charge in [0, 0.05) is 5.33 Å². The maximum absolute atomic E-state index is 12.5. The molecule has 0 saturated heterocycles. The molecular weight excluding hydrogens is 348 g/mol. The fourth-order valence-corrected chi connectivity index (χ4v) is 1.58. The first-order valence-corrected chi connectivity index (χ1v) is 5.58. The molecule has 1 heterocycles. The van der Waals surface area contributed by atoms with Crippen molar-refractivity contribution in [2.45, 2.75) is 17.9 Å². The summed E-state index contributed by atoms with van der Waals surface area (Å²) in [4.78, 5) is 13.7. The third-order valence-corrected chi connectivity index (χ3v) is 2.39. The number of carbonyl (C=O) groups is 1. The van der Waals surface area contributed by atoms with Gasteiger partial charge in [-0.3, -0.25) is 4.79 Å². The van der Waals surface area contributed by atoms with E-state index in [0.29, 0.717) is 0 Å². The lowest BCUT2D eigenvalue weighted by atomic mass is 10.1. The summed E-state index contributed by atoms with van der Waals surface area (Å²) in [7, 11) is 0. The molecule has 19 heavy (non-hydrogen) atoms. The largest absolute Gasteiger partial charge is 0.573 e. The van der Waals surface area contributed by atoms with Crippen molar-refractivity contribution in [1.82, 2.24) is 4.98 Å². The van der Waals surface area contributed by atoms with E-state index in [1.807, 2.05) is 0 Å². The second-order valence-electron chi connectivity index (χ2n) is 3.16. The van der Waals surface area contributed by atoms with Gasteiger partial charge in [0.2, 0.25) is 0 Å². The Morgan fingerprint density at radius 3 is 2.21 bits per heavy atom. The van der Waals surface area contributed by atoms with Gasteiger partial charge < -0.3 is 4.74 Å². The van der Waals surface area contributed by atoms with Crippen molar-refractivity contribution in [2.24, 2.45) is 0 Å². The zero-order chi connectivity index (χ0) is 14.8. The van der Waals surface area contributed by atoms with Crippen molar-refractivity contribution in [1.29, 1.82) is 0 Å². The summed E-state index contributed by atoms with van der Waals surface area (Å²) in [5.74, 6) is -1.11. The molecule has 1 aromatic rings. The van der Waals surface area contributed by atoms with Gasteiger partial charge in [0.05, 0.1) is 11.3 Å². The highest BCUT2D eigenvalue weighted by atomic mass is 79.9. The number of carbonyl (C=O) groups excluding carboxylic acids is 1. The molecule has 0 N–H and O–H groups in total. The number of pyridine rings is 1. The highest BCUT2D eigenvalue weighted by molar-refractivity contribution is 9.08. The molecular formula is C9H4BrF6NO2. The van der Waals surface area contributed by atoms with E-state index in [2.05, 4.69) is 25.7 Å². The molecule has 0 fully saturated rings. The van der Waals surface area contributed by atoms with E-state index in [0.717, 1.165) is 0 Å². The predicted octanol–water partition coefficient (Wildman–Crippen LogP) is 3.71. The molecule has 0 bridgehead atoms. The van der Waals surface area contributed by atoms with Gasteiger partial charge in [-0.2, -0.15) is 13.2 Å². The Kier molecular flexibility index (Phi) is 4.43. The van der Waals surface area contributed by atoms with Gasteiger partial charge in [-0.25, -0.2) is 4.98 Å². The molecule has 0 radical (unpaired) electrons. The van der Waals surface area contributed by atoms with Crippen molar-refractivity contribution < 1.29 is 35.9 Å². The van der Waals surface area contributed by atoms with Gasteiger partial charge in [0.25, 0.3) is 0 Å². The predicted molar refractivity (Wildman–Crippen MR) is 53.9 cm³/mol. The second kappa shape index (κ2) is 5.35. The average molecular weight is 352 g/mol. The zero-order valence-corrected chi connectivity index (χ0v) is 10.4. The first-order chi connectivity index (χ1) is 8.58. The van der Waals surface area contributed by atoms with Crippen molar-refractivity contribution in [3.8, 4) is 5.75 Å². The van der Waals surface area contributed by atoms with E-state index in [1.165, 1.54) is 0 Å². The standard InChI is InChI=1S/C9H4BrF6NO2/c10-2-5-7(19-9(14,15)16)1-4(8(11,12)13)6(3-18)17-5/h1,3H,2H2. The highest BCUT2D eigenvalue weighted by Gasteiger charge is 2.38. The molecule has 0 spiro atoms. The van der Waals surface area contributed by atoms with Crippen LogP contribution in [0.5, 0.6) is 5.75 Å². The summed E-state index contributed by atoms with van der Waals surface area (Å²) >= 11 is 2.75. The number of hydrogen-bond acceptors (Lipinski definition) is 3. The fraction of sp³-hybridized carbons (Fsp3) is 0.333. The van der Waals surface area contributed by atoms with Gasteiger partial charge >= 0.3 is 12.5 Å². The van der Waals surface area contributed by atoms with Crippen LogP contribution in [0.15, 0.2) is 6.07 Å². The summed E-state index contributed by atoms with van der Waals surface area (Å²) in [6.07, 6.45) is -10.4. The third-order valence-electron chi connectivity index (χ3n) is 1.86. The van der Waals surface area contributed by atoms with Crippen LogP contribution in [0.4, 0.5) is 26.3 Å². The van der Waals surface area contributed by atoms with Gasteiger partial charge in [-0.1, -0.05) is 15.9 Å². The minimum absolute atomic E-state index is 0.0980. The molecule has 0 amide bonds. The number of rotatable bonds is 3. The molecule has 10 heteroatoms. The van der Waals surface area contributed by atoms with E-state index < -0.39 is 35.2 Å². The topological polar surface area (TPSA) is 39.2 Å². The Hall–Kier alpha value is -1.32. The third kappa shape index (κ3) is 4.08. The molecule has 0 aliphatic rings. The van der Waals surface area contributed by atoms with E-state index in [9.17, 15) is 31.1 Å². The van der Waals surface area contributed by atoms with E-state index in [-0.39, 0.29) is 17.7 Å². The molecule has 106 valence electrons. The van der Waals surface area contributed by atoms with Gasteiger partial charge in [-0.05, 0) is 6.07 Å². The minimum Gasteiger partial charge on any atom is -0.404 e. The Balaban J connectivity index is 3.42. The van der Waals surface area contributed by atoms with E-state index in [1.54, 1.807) is 0 Å². The van der Waals surface area contributed by atoms with Crippen LogP contribution in [0.3, 0.4) is 0 Å². The number of halogens is 7. The van der Waals surface area contributed by atoms with Crippen LogP contribution in [-0.2, 0) is 11.5 Å². The molecule has 0 atom stereocenters. The zero-order valence-electron chi connectivity index (χ0n) is 8.77. The van der Waals surface area contributed by atoms with Crippen LogP contribution in [0.1, 0.15) is 21.7 Å². The van der Waals surface area contributed by atoms with Crippen LogP contribution in [-0.4, -0.2) is 17.6 Å². The van der Waals surface area contributed by atoms with E-state index >= 15 is 0 Å². The van der Waals surface area contributed by atoms with Crippen LogP contribution in [0.2, 0.25) is 0 Å². The monoisotopic (exact) mass is 351 g/mol. The van der Waals surface area contributed by atoms with Gasteiger partial charge in [0.1, 0.15) is 5.69 Å². The summed E-state index contributed by atoms with van der Waals surface area (Å²) < 4.78 is 77.2. The molecule has 1 rings (SSSR count). The maximum atomic E-state index is 12.5. The van der Waals surface area contributed by atoms with Gasteiger partial charge in [0.15, 0.2) is 12.0 Å². The van der Waals surface area contributed by atoms with Crippen molar-refractivity contribution in [3.05, 3.63) is 23.0 Å². The number of aldehydes is 1. The molecule has 0 aliphatic carbocycles. The van der Waals surface area contributed by atoms with Crippen molar-refractivity contribution in [3.63, 3.8) is 0 Å². The molecule has 0 aliphatic heterocycles. The Labute approximate surface area is 110 Å². The molecule has 1 aromatic heterocycles. The van der Waals surface area contributed by atoms with Crippen molar-refractivity contribution >= 4 is 22.2 Å². The number of alkyl halides is 7. The quantitative estimate of drug-likeness (QED) is 0.473. The van der Waals surface area contributed by atoms with Crippen LogP contribution >= 0.6 is 15.9 Å². The average Bonchev–Trinajstić information content (AvgIpc) is 2.25. The fourth-order valence-electron chi connectivity index (χ4n) is 1.17. The second-order valence-corrected chi connectivity index (χ2v) is 3.72. The SMILES string of the molecule is O=Cc1nc(CBr)c(OC(F)(F)F)cc1C(F)(F)F. The lowest BCUT2D eigenvalue weighted by Crippen LogP contribution is -2.20. The lowest BCUT2D eigenvalue weighted by Gasteiger charge is -2.15. The highest BCUT2D eigenvalue weighted by Crippen LogP contribution is 2.36. The summed E-state index contributed by atoms with van der Waals surface area (Å²) in [5, 5.41) is -0.308. The summed E-state index contributed by atoms with van der Waals surface area (Å²) in [5.41, 5.74) is -3.06. The van der Waals surface area contributed by atoms with Crippen LogP contribution in [0, 0.1) is 0 Å².